The lowest BCUT2D eigenvalue weighted by molar-refractivity contribution is 0.123. The quantitative estimate of drug-likeness (QED) is 0.282. The number of hydrogen-bond donors (Lipinski definition) is 2. The van der Waals surface area contributed by atoms with Gasteiger partial charge in [0, 0.05) is 33.9 Å². The zero-order valence-electron chi connectivity index (χ0n) is 8.33. The van der Waals surface area contributed by atoms with Crippen molar-refractivity contribution in [1.29, 1.82) is 0 Å². The van der Waals surface area contributed by atoms with Crippen molar-refractivity contribution in [3.8, 4) is 0 Å². The van der Waals surface area contributed by atoms with Gasteiger partial charge in [-0.05, 0) is 6.42 Å². The minimum absolute atomic E-state index is 0. The van der Waals surface area contributed by atoms with Crippen LogP contribution < -0.4 is 11.3 Å². The Kier molecular flexibility index (Phi) is 10.8. The smallest absolute Gasteiger partial charge is 0.377 e. The second kappa shape index (κ2) is 8.89. The van der Waals surface area contributed by atoms with E-state index in [4.69, 9.17) is 19.1 Å². The molecule has 0 aliphatic heterocycles. The highest BCUT2D eigenvalue weighted by atomic mass is 35.5. The van der Waals surface area contributed by atoms with Crippen molar-refractivity contribution in [2.45, 2.75) is 12.5 Å². The van der Waals surface area contributed by atoms with Crippen molar-refractivity contribution in [3.05, 3.63) is 0 Å². The number of nitrogens with two attached hydrogens (primary N) is 1. The maximum Gasteiger partial charge on any atom is 0.500 e. The first-order chi connectivity index (χ1) is 5.74. The number of hydrazine groups is 1. The minimum atomic E-state index is -2.35. The first-order valence-electron chi connectivity index (χ1n) is 3.83. The van der Waals surface area contributed by atoms with E-state index in [2.05, 4.69) is 5.43 Å². The predicted octanol–water partition coefficient (Wildman–Crippen LogP) is 0.140. The fourth-order valence-electron chi connectivity index (χ4n) is 0.963. The Morgan fingerprint density at radius 1 is 1.15 bits per heavy atom. The van der Waals surface area contributed by atoms with E-state index in [1.165, 1.54) is 0 Å². The Morgan fingerprint density at radius 3 is 1.92 bits per heavy atom. The fraction of sp³-hybridized carbons (Fsp3) is 1.00. The largest absolute Gasteiger partial charge is 0.500 e. The van der Waals surface area contributed by atoms with Crippen LogP contribution in [-0.4, -0.2) is 36.7 Å². The molecule has 5 nitrogen and oxygen atoms in total. The van der Waals surface area contributed by atoms with Crippen LogP contribution in [0.5, 0.6) is 0 Å². The molecular formula is C6H19ClN2O3Si. The van der Waals surface area contributed by atoms with E-state index in [1.54, 1.807) is 21.3 Å². The number of halogens is 1. The summed E-state index contributed by atoms with van der Waals surface area (Å²) in [7, 11) is 2.47. The summed E-state index contributed by atoms with van der Waals surface area (Å²) in [6.45, 7) is 0.741. The van der Waals surface area contributed by atoms with E-state index in [1.807, 2.05) is 0 Å². The molecule has 13 heavy (non-hydrogen) atoms. The Hall–Kier alpha value is 0.307. The molecule has 0 fully saturated rings. The van der Waals surface area contributed by atoms with Crippen LogP contribution in [-0.2, 0) is 13.3 Å². The molecule has 0 aliphatic rings. The highest BCUT2D eigenvalue weighted by molar-refractivity contribution is 6.60. The van der Waals surface area contributed by atoms with Gasteiger partial charge in [-0.15, -0.1) is 12.4 Å². The van der Waals surface area contributed by atoms with E-state index in [-0.39, 0.29) is 12.4 Å². The van der Waals surface area contributed by atoms with Crippen LogP contribution in [0.1, 0.15) is 6.42 Å². The van der Waals surface area contributed by atoms with Crippen LogP contribution in [0.25, 0.3) is 0 Å². The highest BCUT2D eigenvalue weighted by Crippen LogP contribution is 2.13. The lowest BCUT2D eigenvalue weighted by Gasteiger charge is -2.23. The molecule has 0 aliphatic carbocycles. The summed E-state index contributed by atoms with van der Waals surface area (Å²) < 4.78 is 15.6. The summed E-state index contributed by atoms with van der Waals surface area (Å²) in [6, 6.07) is 0.778. The zero-order chi connectivity index (χ0) is 9.45. The molecule has 0 unspecified atom stereocenters. The molecule has 0 saturated heterocycles. The van der Waals surface area contributed by atoms with E-state index in [0.29, 0.717) is 0 Å². The van der Waals surface area contributed by atoms with Gasteiger partial charge in [-0.25, -0.2) is 0 Å². The molecule has 0 bridgehead atoms. The molecule has 0 aromatic rings. The van der Waals surface area contributed by atoms with Crippen LogP contribution in [0.4, 0.5) is 0 Å². The molecule has 0 amide bonds. The molecule has 0 rings (SSSR count). The molecule has 0 aromatic carbocycles. The maximum atomic E-state index is 5.21. The van der Waals surface area contributed by atoms with Gasteiger partial charge in [-0.2, -0.15) is 0 Å². The molecule has 0 heterocycles. The number of nitrogens with one attached hydrogen (secondary N) is 1. The van der Waals surface area contributed by atoms with Gasteiger partial charge in [0.1, 0.15) is 0 Å². The Labute approximate surface area is 86.7 Å². The lowest BCUT2D eigenvalue weighted by atomic mass is 10.5. The predicted molar refractivity (Wildman–Crippen MR) is 55.6 cm³/mol. The molecule has 82 valence electrons. The first kappa shape index (κ1) is 15.8. The standard InChI is InChI=1S/C6H18N2O3Si.ClH/c1-9-12(10-2,11-3)6-4-5-8-7;/h8H,4-7H2,1-3H3;1H. The molecule has 0 saturated carbocycles. The van der Waals surface area contributed by atoms with Gasteiger partial charge in [-0.1, -0.05) is 0 Å². The third kappa shape index (κ3) is 5.58. The van der Waals surface area contributed by atoms with E-state index in [0.717, 1.165) is 19.0 Å². The van der Waals surface area contributed by atoms with Crippen LogP contribution in [0, 0.1) is 0 Å². The van der Waals surface area contributed by atoms with Crippen molar-refractivity contribution in [2.24, 2.45) is 5.84 Å². The Balaban J connectivity index is 0. The molecule has 3 N–H and O–H groups in total. The van der Waals surface area contributed by atoms with Gasteiger partial charge in [0.05, 0.1) is 0 Å². The van der Waals surface area contributed by atoms with Gasteiger partial charge in [0.2, 0.25) is 0 Å². The fourth-order valence-corrected chi connectivity index (χ4v) is 2.69. The Morgan fingerprint density at radius 2 is 1.62 bits per heavy atom. The number of hydrogen-bond acceptors (Lipinski definition) is 5. The van der Waals surface area contributed by atoms with Crippen molar-refractivity contribution >= 4 is 21.2 Å². The molecule has 0 aromatic heterocycles. The Bertz CT molecular complexity index is 108. The van der Waals surface area contributed by atoms with E-state index < -0.39 is 8.80 Å². The van der Waals surface area contributed by atoms with E-state index >= 15 is 0 Å². The van der Waals surface area contributed by atoms with Crippen molar-refractivity contribution in [1.82, 2.24) is 5.43 Å². The van der Waals surface area contributed by atoms with Crippen LogP contribution in [0.2, 0.25) is 6.04 Å². The summed E-state index contributed by atoms with van der Waals surface area (Å²) in [5, 5.41) is 0. The monoisotopic (exact) mass is 230 g/mol. The summed E-state index contributed by atoms with van der Waals surface area (Å²) in [5.74, 6) is 5.13. The second-order valence-corrected chi connectivity index (χ2v) is 5.44. The molecule has 7 heteroatoms. The summed E-state index contributed by atoms with van der Waals surface area (Å²) in [4.78, 5) is 0. The third-order valence-electron chi connectivity index (χ3n) is 1.74. The van der Waals surface area contributed by atoms with Crippen molar-refractivity contribution in [3.63, 3.8) is 0 Å². The van der Waals surface area contributed by atoms with Gasteiger partial charge in [0.15, 0.2) is 0 Å². The molecule has 0 spiro atoms. The molecular weight excluding hydrogens is 212 g/mol. The molecule has 0 radical (unpaired) electrons. The molecule has 0 atom stereocenters. The van der Waals surface area contributed by atoms with Crippen molar-refractivity contribution in [2.75, 3.05) is 27.9 Å². The lowest BCUT2D eigenvalue weighted by Crippen LogP contribution is -2.43. The average Bonchev–Trinajstić information content (AvgIpc) is 2.14. The van der Waals surface area contributed by atoms with Crippen LogP contribution in [0.3, 0.4) is 0 Å². The summed E-state index contributed by atoms with van der Waals surface area (Å²) in [6.07, 6.45) is 0.887. The third-order valence-corrected chi connectivity index (χ3v) is 4.57. The van der Waals surface area contributed by atoms with Gasteiger partial charge >= 0.3 is 8.80 Å². The topological polar surface area (TPSA) is 65.7 Å². The van der Waals surface area contributed by atoms with Gasteiger partial charge in [0.25, 0.3) is 0 Å². The summed E-state index contributed by atoms with van der Waals surface area (Å²) >= 11 is 0. The maximum absolute atomic E-state index is 5.21. The second-order valence-electron chi connectivity index (χ2n) is 2.35. The average molecular weight is 231 g/mol. The summed E-state index contributed by atoms with van der Waals surface area (Å²) in [5.41, 5.74) is 2.57. The van der Waals surface area contributed by atoms with E-state index in [9.17, 15) is 0 Å². The SMILES string of the molecule is CO[Si](CCCNN)(OC)OC.Cl. The normalized spacial score (nSPS) is 11.1. The zero-order valence-corrected chi connectivity index (χ0v) is 10.1. The number of rotatable bonds is 7. The van der Waals surface area contributed by atoms with Crippen LogP contribution >= 0.6 is 12.4 Å². The highest BCUT2D eigenvalue weighted by Gasteiger charge is 2.36. The van der Waals surface area contributed by atoms with Crippen LogP contribution in [0.15, 0.2) is 0 Å². The minimum Gasteiger partial charge on any atom is -0.377 e. The van der Waals surface area contributed by atoms with Gasteiger partial charge in [-0.3, -0.25) is 11.3 Å². The first-order valence-corrected chi connectivity index (χ1v) is 5.76. The van der Waals surface area contributed by atoms with Gasteiger partial charge < -0.3 is 13.3 Å². The van der Waals surface area contributed by atoms with Crippen molar-refractivity contribution < 1.29 is 13.3 Å².